The van der Waals surface area contributed by atoms with Gasteiger partial charge in [-0.2, -0.15) is 0 Å². The molecule has 1 aliphatic heterocycles. The highest BCUT2D eigenvalue weighted by atomic mass is 16.2. The van der Waals surface area contributed by atoms with Crippen molar-refractivity contribution in [2.45, 2.75) is 37.8 Å². The molecule has 0 aromatic heterocycles. The Labute approximate surface area is 235 Å². The van der Waals surface area contributed by atoms with Crippen LogP contribution in [0, 0.1) is 17.8 Å². The van der Waals surface area contributed by atoms with Crippen LogP contribution in [0.3, 0.4) is 0 Å². The van der Waals surface area contributed by atoms with Crippen LogP contribution in [0.1, 0.15) is 68.6 Å². The van der Waals surface area contributed by atoms with Crippen molar-refractivity contribution in [2.24, 2.45) is 17.8 Å². The van der Waals surface area contributed by atoms with Crippen LogP contribution in [0.15, 0.2) is 103 Å². The van der Waals surface area contributed by atoms with Crippen LogP contribution in [-0.2, 0) is 6.54 Å². The number of carbonyl (C=O) groups is 2. The van der Waals surface area contributed by atoms with Gasteiger partial charge in [0.1, 0.15) is 0 Å². The first-order chi connectivity index (χ1) is 19.7. The number of fused-ring (bicyclic) bond motifs is 7. The third-order valence-corrected chi connectivity index (χ3v) is 9.22. The summed E-state index contributed by atoms with van der Waals surface area (Å²) in [5.41, 5.74) is 6.36. The van der Waals surface area contributed by atoms with Gasteiger partial charge < -0.3 is 16.0 Å². The van der Waals surface area contributed by atoms with E-state index in [0.717, 1.165) is 17.2 Å². The topological polar surface area (TPSA) is 70.2 Å². The molecule has 1 heterocycles. The van der Waals surface area contributed by atoms with Gasteiger partial charge >= 0.3 is 0 Å². The summed E-state index contributed by atoms with van der Waals surface area (Å²) >= 11 is 0. The highest BCUT2D eigenvalue weighted by molar-refractivity contribution is 6.09. The smallest absolute Gasteiger partial charge is 0.255 e. The van der Waals surface area contributed by atoms with Crippen LogP contribution < -0.4 is 16.0 Å². The first-order valence-electron chi connectivity index (χ1n) is 14.3. The summed E-state index contributed by atoms with van der Waals surface area (Å²) in [4.78, 5) is 26.6. The molecule has 2 saturated carbocycles. The van der Waals surface area contributed by atoms with Gasteiger partial charge in [-0.15, -0.1) is 0 Å². The molecule has 2 fully saturated rings. The Hall–Kier alpha value is -4.38. The summed E-state index contributed by atoms with van der Waals surface area (Å²) in [5, 5.41) is 9.84. The molecular formula is C35H33N3O2. The van der Waals surface area contributed by atoms with Crippen molar-refractivity contribution < 1.29 is 9.59 Å². The molecule has 0 radical (unpaired) electrons. The molecule has 0 saturated heterocycles. The molecular weight excluding hydrogens is 494 g/mol. The van der Waals surface area contributed by atoms with E-state index in [1.165, 1.54) is 30.4 Å². The van der Waals surface area contributed by atoms with Crippen molar-refractivity contribution in [2.75, 3.05) is 10.6 Å². The fourth-order valence-corrected chi connectivity index (χ4v) is 7.48. The molecule has 2 aliphatic carbocycles. The first kappa shape index (κ1) is 24.6. The average molecular weight is 528 g/mol. The molecule has 200 valence electrons. The third kappa shape index (κ3) is 4.45. The molecule has 0 spiro atoms. The van der Waals surface area contributed by atoms with Gasteiger partial charge in [0, 0.05) is 17.8 Å². The summed E-state index contributed by atoms with van der Waals surface area (Å²) in [6.07, 6.45) is 3.85. The zero-order valence-electron chi connectivity index (χ0n) is 22.3. The van der Waals surface area contributed by atoms with Gasteiger partial charge in [-0.05, 0) is 90.0 Å². The van der Waals surface area contributed by atoms with Gasteiger partial charge in [0.2, 0.25) is 0 Å². The molecule has 3 N–H and O–H groups in total. The lowest BCUT2D eigenvalue weighted by atomic mass is 9.68. The summed E-state index contributed by atoms with van der Waals surface area (Å²) in [5.74, 6) is 1.99. The Morgan fingerprint density at radius 2 is 1.50 bits per heavy atom. The first-order valence-corrected chi connectivity index (χ1v) is 14.3. The van der Waals surface area contributed by atoms with E-state index in [0.29, 0.717) is 47.2 Å². The van der Waals surface area contributed by atoms with E-state index in [2.05, 4.69) is 58.4 Å². The molecule has 2 amide bonds. The highest BCUT2D eigenvalue weighted by Crippen LogP contribution is 2.63. The van der Waals surface area contributed by atoms with Crippen LogP contribution >= 0.6 is 0 Å². The summed E-state index contributed by atoms with van der Waals surface area (Å²) < 4.78 is 0. The number of amides is 2. The van der Waals surface area contributed by atoms with Gasteiger partial charge in [0.25, 0.3) is 11.8 Å². The van der Waals surface area contributed by atoms with Crippen LogP contribution in [0.4, 0.5) is 11.4 Å². The summed E-state index contributed by atoms with van der Waals surface area (Å²) in [6.45, 7) is 0.425. The molecule has 4 aromatic rings. The van der Waals surface area contributed by atoms with Gasteiger partial charge in [-0.1, -0.05) is 72.8 Å². The maximum atomic E-state index is 13.5. The second-order valence-electron chi connectivity index (χ2n) is 11.4. The third-order valence-electron chi connectivity index (χ3n) is 9.22. The SMILES string of the molecule is O=C(Nc1ccccc1C(=O)NCc1ccccc1)c1ccc2c(c1)[C@@H]1[C@H]3CC[C@@H](C3)[C@H]1[C@H](c1ccccc1)N2. The maximum absolute atomic E-state index is 13.5. The van der Waals surface area contributed by atoms with Crippen molar-refractivity contribution >= 4 is 23.2 Å². The summed E-state index contributed by atoms with van der Waals surface area (Å²) in [6, 6.07) is 34.1. The van der Waals surface area contributed by atoms with Crippen LogP contribution in [-0.4, -0.2) is 11.8 Å². The van der Waals surface area contributed by atoms with E-state index in [1.54, 1.807) is 12.1 Å². The van der Waals surface area contributed by atoms with Crippen molar-refractivity contribution in [1.29, 1.82) is 0 Å². The fourth-order valence-electron chi connectivity index (χ4n) is 7.48. The number of anilines is 2. The number of nitrogens with one attached hydrogen (secondary N) is 3. The van der Waals surface area contributed by atoms with Crippen LogP contribution in [0.25, 0.3) is 0 Å². The minimum Gasteiger partial charge on any atom is -0.378 e. The normalized spacial score (nSPS) is 23.9. The average Bonchev–Trinajstić information content (AvgIpc) is 3.64. The van der Waals surface area contributed by atoms with Crippen molar-refractivity contribution in [3.8, 4) is 0 Å². The van der Waals surface area contributed by atoms with Crippen LogP contribution in [0.5, 0.6) is 0 Å². The van der Waals surface area contributed by atoms with E-state index in [1.807, 2.05) is 48.5 Å². The van der Waals surface area contributed by atoms with E-state index in [9.17, 15) is 9.59 Å². The predicted octanol–water partition coefficient (Wildman–Crippen LogP) is 7.17. The molecule has 5 atom stereocenters. The van der Waals surface area contributed by atoms with Gasteiger partial charge in [0.15, 0.2) is 0 Å². The van der Waals surface area contributed by atoms with Crippen LogP contribution in [0.2, 0.25) is 0 Å². The van der Waals surface area contributed by atoms with Crippen molar-refractivity contribution in [3.05, 3.63) is 131 Å². The lowest BCUT2D eigenvalue weighted by Crippen LogP contribution is -2.35. The number of hydrogen-bond acceptors (Lipinski definition) is 3. The largest absolute Gasteiger partial charge is 0.378 e. The minimum absolute atomic E-state index is 0.198. The molecule has 40 heavy (non-hydrogen) atoms. The standard InChI is InChI=1S/C35H33N3O2/c39-34(38-29-14-8-7-13-27(29)35(40)36-21-22-9-3-1-4-10-22)26-17-18-30-28(20-26)31-24-15-16-25(19-24)32(31)33(37-30)23-11-5-2-6-12-23/h1-14,17-18,20,24-25,31-33,37H,15-16,19,21H2,(H,36,40)(H,38,39)/t24-,25-,31-,32+,33-/m0/s1. The summed E-state index contributed by atoms with van der Waals surface area (Å²) in [7, 11) is 0. The molecule has 3 aliphatic rings. The molecule has 4 aromatic carbocycles. The Bertz CT molecular complexity index is 1550. The van der Waals surface area contributed by atoms with Gasteiger partial charge in [-0.3, -0.25) is 9.59 Å². The lowest BCUT2D eigenvalue weighted by molar-refractivity contribution is 0.0952. The van der Waals surface area contributed by atoms with E-state index >= 15 is 0 Å². The molecule has 5 heteroatoms. The Morgan fingerprint density at radius 3 is 2.33 bits per heavy atom. The molecule has 7 rings (SSSR count). The number of rotatable bonds is 6. The quantitative estimate of drug-likeness (QED) is 0.249. The number of carbonyl (C=O) groups excluding carboxylic acids is 2. The Balaban J connectivity index is 1.13. The monoisotopic (exact) mass is 527 g/mol. The van der Waals surface area contributed by atoms with E-state index in [4.69, 9.17) is 0 Å². The second kappa shape index (κ2) is 10.3. The fraction of sp³-hybridized carbons (Fsp3) is 0.257. The van der Waals surface area contributed by atoms with E-state index in [-0.39, 0.29) is 11.8 Å². The molecule has 5 nitrogen and oxygen atoms in total. The Morgan fingerprint density at radius 1 is 0.775 bits per heavy atom. The lowest BCUT2D eigenvalue weighted by Gasteiger charge is -2.43. The minimum atomic E-state index is -0.217. The van der Waals surface area contributed by atoms with Crippen molar-refractivity contribution in [1.82, 2.24) is 5.32 Å². The highest BCUT2D eigenvalue weighted by Gasteiger charge is 2.53. The zero-order valence-corrected chi connectivity index (χ0v) is 22.3. The van der Waals surface area contributed by atoms with Crippen molar-refractivity contribution in [3.63, 3.8) is 0 Å². The van der Waals surface area contributed by atoms with Gasteiger partial charge in [0.05, 0.1) is 17.3 Å². The number of hydrogen-bond donors (Lipinski definition) is 3. The Kier molecular flexibility index (Phi) is 6.35. The van der Waals surface area contributed by atoms with E-state index < -0.39 is 0 Å². The molecule has 2 bridgehead atoms. The maximum Gasteiger partial charge on any atom is 0.255 e. The zero-order chi connectivity index (χ0) is 27.1. The number of para-hydroxylation sites is 1. The van der Waals surface area contributed by atoms with Gasteiger partial charge in [-0.25, -0.2) is 0 Å². The molecule has 0 unspecified atom stereocenters. The predicted molar refractivity (Wildman–Crippen MR) is 158 cm³/mol. The second-order valence-corrected chi connectivity index (χ2v) is 11.4. The number of benzene rings is 4.